The first-order chi connectivity index (χ1) is 9.20. The van der Waals surface area contributed by atoms with Gasteiger partial charge in [-0.15, -0.1) is 0 Å². The van der Waals surface area contributed by atoms with Crippen LogP contribution in [0.5, 0.6) is 11.5 Å². The summed E-state index contributed by atoms with van der Waals surface area (Å²) in [5.41, 5.74) is 1.12. The van der Waals surface area contributed by atoms with Gasteiger partial charge in [-0.2, -0.15) is 0 Å². The zero-order valence-corrected chi connectivity index (χ0v) is 12.1. The Hall–Kier alpha value is -1.22. The van der Waals surface area contributed by atoms with Crippen molar-refractivity contribution in [3.63, 3.8) is 0 Å². The molecule has 0 atom stereocenters. The van der Waals surface area contributed by atoms with Gasteiger partial charge < -0.3 is 10.1 Å². The maximum absolute atomic E-state index is 6.21. The third kappa shape index (κ3) is 3.87. The molecule has 2 aromatic rings. The van der Waals surface area contributed by atoms with Crippen molar-refractivity contribution in [3.05, 3.63) is 58.1 Å². The van der Waals surface area contributed by atoms with Gasteiger partial charge in [0.25, 0.3) is 0 Å². The van der Waals surface area contributed by atoms with Crippen molar-refractivity contribution in [1.82, 2.24) is 5.32 Å². The molecule has 0 spiro atoms. The summed E-state index contributed by atoms with van der Waals surface area (Å²) in [7, 11) is 0. The molecule has 4 heteroatoms. The largest absolute Gasteiger partial charge is 0.454 e. The highest BCUT2D eigenvalue weighted by molar-refractivity contribution is 6.32. The van der Waals surface area contributed by atoms with E-state index in [1.165, 1.54) is 0 Å². The first-order valence-corrected chi connectivity index (χ1v) is 6.88. The van der Waals surface area contributed by atoms with Crippen LogP contribution in [0.25, 0.3) is 0 Å². The predicted molar refractivity (Wildman–Crippen MR) is 80.4 cm³/mol. The van der Waals surface area contributed by atoms with Crippen molar-refractivity contribution in [3.8, 4) is 11.5 Å². The molecular formula is C15H15Cl2NO. The fourth-order valence-electron chi connectivity index (χ4n) is 1.65. The minimum atomic E-state index is 0.565. The monoisotopic (exact) mass is 295 g/mol. The van der Waals surface area contributed by atoms with Crippen molar-refractivity contribution < 1.29 is 4.74 Å². The topological polar surface area (TPSA) is 21.3 Å². The zero-order valence-electron chi connectivity index (χ0n) is 10.6. The van der Waals surface area contributed by atoms with E-state index < -0.39 is 0 Å². The summed E-state index contributed by atoms with van der Waals surface area (Å²) >= 11 is 12.3. The van der Waals surface area contributed by atoms with Gasteiger partial charge in [-0.25, -0.2) is 0 Å². The van der Waals surface area contributed by atoms with Crippen molar-refractivity contribution in [2.75, 3.05) is 6.54 Å². The van der Waals surface area contributed by atoms with Gasteiger partial charge in [0, 0.05) is 6.54 Å². The van der Waals surface area contributed by atoms with E-state index >= 15 is 0 Å². The van der Waals surface area contributed by atoms with Gasteiger partial charge in [-0.1, -0.05) is 48.3 Å². The maximum Gasteiger partial charge on any atom is 0.146 e. The fourth-order valence-corrected chi connectivity index (χ4v) is 2.07. The molecular weight excluding hydrogens is 281 g/mol. The number of nitrogens with one attached hydrogen (secondary N) is 1. The Labute approximate surface area is 123 Å². The molecule has 0 fully saturated rings. The van der Waals surface area contributed by atoms with Crippen LogP contribution in [0.2, 0.25) is 10.0 Å². The SMILES string of the molecule is CCNCc1ccc(Oc2ccccc2Cl)c(Cl)c1. The van der Waals surface area contributed by atoms with Crippen LogP contribution in [0.1, 0.15) is 12.5 Å². The number of para-hydroxylation sites is 1. The van der Waals surface area contributed by atoms with Gasteiger partial charge in [0.15, 0.2) is 0 Å². The minimum Gasteiger partial charge on any atom is -0.454 e. The number of ether oxygens (including phenoxy) is 1. The second-order valence-electron chi connectivity index (χ2n) is 4.08. The zero-order chi connectivity index (χ0) is 13.7. The van der Waals surface area contributed by atoms with Gasteiger partial charge in [-0.05, 0) is 36.4 Å². The molecule has 0 saturated heterocycles. The first kappa shape index (κ1) is 14.2. The second-order valence-corrected chi connectivity index (χ2v) is 4.89. The van der Waals surface area contributed by atoms with Gasteiger partial charge >= 0.3 is 0 Å². The summed E-state index contributed by atoms with van der Waals surface area (Å²) in [6, 6.07) is 13.1. The molecule has 19 heavy (non-hydrogen) atoms. The van der Waals surface area contributed by atoms with E-state index in [2.05, 4.69) is 12.2 Å². The standard InChI is InChI=1S/C15H15Cl2NO/c1-2-18-10-11-7-8-15(13(17)9-11)19-14-6-4-3-5-12(14)16/h3-9,18H,2,10H2,1H3. The molecule has 0 saturated carbocycles. The summed E-state index contributed by atoms with van der Waals surface area (Å²) in [5.74, 6) is 1.21. The van der Waals surface area contributed by atoms with Crippen molar-refractivity contribution in [1.29, 1.82) is 0 Å². The Morgan fingerprint density at radius 1 is 1.00 bits per heavy atom. The van der Waals surface area contributed by atoms with Crippen LogP contribution < -0.4 is 10.1 Å². The van der Waals surface area contributed by atoms with Crippen LogP contribution in [0.3, 0.4) is 0 Å². The van der Waals surface area contributed by atoms with Gasteiger partial charge in [0.05, 0.1) is 10.0 Å². The van der Waals surface area contributed by atoms with Gasteiger partial charge in [-0.3, -0.25) is 0 Å². The maximum atomic E-state index is 6.21. The lowest BCUT2D eigenvalue weighted by Crippen LogP contribution is -2.11. The van der Waals surface area contributed by atoms with Gasteiger partial charge in [0.1, 0.15) is 11.5 Å². The molecule has 2 rings (SSSR count). The number of hydrogen-bond acceptors (Lipinski definition) is 2. The molecule has 0 amide bonds. The van der Waals surface area contributed by atoms with Gasteiger partial charge in [0.2, 0.25) is 0 Å². The normalized spacial score (nSPS) is 10.5. The van der Waals surface area contributed by atoms with Crippen LogP contribution >= 0.6 is 23.2 Å². The van der Waals surface area contributed by atoms with Crippen LogP contribution in [-0.4, -0.2) is 6.54 Å². The van der Waals surface area contributed by atoms with Crippen molar-refractivity contribution in [2.24, 2.45) is 0 Å². The Kier molecular flexibility index (Phi) is 5.08. The lowest BCUT2D eigenvalue weighted by Gasteiger charge is -2.10. The molecule has 2 aromatic carbocycles. The first-order valence-electron chi connectivity index (χ1n) is 6.12. The number of hydrogen-bond donors (Lipinski definition) is 1. The highest BCUT2D eigenvalue weighted by Crippen LogP contribution is 2.33. The molecule has 100 valence electrons. The lowest BCUT2D eigenvalue weighted by atomic mass is 10.2. The molecule has 0 aromatic heterocycles. The van der Waals surface area contributed by atoms with E-state index in [0.717, 1.165) is 18.7 Å². The number of benzene rings is 2. The molecule has 0 heterocycles. The fraction of sp³-hybridized carbons (Fsp3) is 0.200. The lowest BCUT2D eigenvalue weighted by molar-refractivity contribution is 0.483. The molecule has 1 N–H and O–H groups in total. The second kappa shape index (κ2) is 6.80. The van der Waals surface area contributed by atoms with Crippen LogP contribution in [-0.2, 0) is 6.54 Å². The van der Waals surface area contributed by atoms with E-state index in [1.54, 1.807) is 6.07 Å². The minimum absolute atomic E-state index is 0.565. The molecule has 2 nitrogen and oxygen atoms in total. The molecule has 0 unspecified atom stereocenters. The Balaban J connectivity index is 2.15. The third-order valence-corrected chi connectivity index (χ3v) is 3.24. The molecule has 0 radical (unpaired) electrons. The Morgan fingerprint density at radius 3 is 2.42 bits per heavy atom. The average molecular weight is 296 g/mol. The highest BCUT2D eigenvalue weighted by Gasteiger charge is 2.06. The van der Waals surface area contributed by atoms with E-state index in [9.17, 15) is 0 Å². The predicted octanol–water partition coefficient (Wildman–Crippen LogP) is 4.90. The quantitative estimate of drug-likeness (QED) is 0.847. The Bertz CT molecular complexity index is 558. The van der Waals surface area contributed by atoms with E-state index in [0.29, 0.717) is 21.5 Å². The summed E-state index contributed by atoms with van der Waals surface area (Å²) in [6.45, 7) is 3.79. The molecule has 0 aliphatic rings. The smallest absolute Gasteiger partial charge is 0.146 e. The number of halogens is 2. The van der Waals surface area contributed by atoms with E-state index in [-0.39, 0.29) is 0 Å². The van der Waals surface area contributed by atoms with Crippen molar-refractivity contribution >= 4 is 23.2 Å². The van der Waals surface area contributed by atoms with Crippen LogP contribution in [0.4, 0.5) is 0 Å². The van der Waals surface area contributed by atoms with Crippen LogP contribution in [0, 0.1) is 0 Å². The summed E-state index contributed by atoms with van der Waals surface area (Å²) in [5, 5.41) is 4.39. The Morgan fingerprint density at radius 2 is 1.74 bits per heavy atom. The molecule has 0 bridgehead atoms. The summed E-state index contributed by atoms with van der Waals surface area (Å²) in [4.78, 5) is 0. The van der Waals surface area contributed by atoms with E-state index in [1.807, 2.05) is 36.4 Å². The van der Waals surface area contributed by atoms with E-state index in [4.69, 9.17) is 27.9 Å². The summed E-state index contributed by atoms with van der Waals surface area (Å²) in [6.07, 6.45) is 0. The molecule has 0 aliphatic heterocycles. The number of rotatable bonds is 5. The third-order valence-electron chi connectivity index (χ3n) is 2.63. The average Bonchev–Trinajstić information content (AvgIpc) is 2.41. The summed E-state index contributed by atoms with van der Waals surface area (Å²) < 4.78 is 5.72. The van der Waals surface area contributed by atoms with Crippen molar-refractivity contribution in [2.45, 2.75) is 13.5 Å². The molecule has 0 aliphatic carbocycles. The highest BCUT2D eigenvalue weighted by atomic mass is 35.5. The van der Waals surface area contributed by atoms with Crippen LogP contribution in [0.15, 0.2) is 42.5 Å².